The zero-order chi connectivity index (χ0) is 55.4. The van der Waals surface area contributed by atoms with Crippen molar-refractivity contribution in [2.75, 3.05) is 19.8 Å². The fourth-order valence-corrected chi connectivity index (χ4v) is 9.99. The Morgan fingerprint density at radius 1 is 0.582 bits per heavy atom. The summed E-state index contributed by atoms with van der Waals surface area (Å²) in [5.74, 6) is 0. The first-order valence-corrected chi connectivity index (χ1v) is 25.9. The molecule has 0 aromatic heterocycles. The number of nitrogens with zero attached hydrogens (tertiary/aromatic N) is 1. The van der Waals surface area contributed by atoms with Crippen LogP contribution < -0.4 is 21.7 Å². The van der Waals surface area contributed by atoms with Gasteiger partial charge >= 0.3 is 18.3 Å². The molecule has 0 spiro atoms. The molecule has 4 saturated heterocycles. The Morgan fingerprint density at radius 2 is 1.13 bits per heavy atom. The Bertz CT molecular complexity index is 2570. The fraction of sp³-hybridized carbons (Fsp3) is 0.500. The van der Waals surface area contributed by atoms with Gasteiger partial charge in [0.2, 0.25) is 0 Å². The quantitative estimate of drug-likeness (QED) is 0.0476. The fourth-order valence-electron chi connectivity index (χ4n) is 9.99. The second kappa shape index (κ2) is 27.3. The second-order valence-electron chi connectivity index (χ2n) is 19.6. The molecule has 10 N–H and O–H groups in total. The topological polar surface area (TPSA) is 345 Å². The van der Waals surface area contributed by atoms with Gasteiger partial charge < -0.3 is 99.3 Å². The highest BCUT2D eigenvalue weighted by molar-refractivity contribution is 5.68. The maximum atomic E-state index is 13.7. The summed E-state index contributed by atoms with van der Waals surface area (Å²) in [5, 5.41) is 67.9. The molecule has 3 amide bonds. The number of nitroso groups, excluding NO2 is 1. The van der Waals surface area contributed by atoms with Crippen molar-refractivity contribution < 1.29 is 92.0 Å². The van der Waals surface area contributed by atoms with E-state index in [2.05, 4.69) is 21.1 Å². The monoisotopic (exact) mass is 1100 g/mol. The van der Waals surface area contributed by atoms with Crippen molar-refractivity contribution in [1.82, 2.24) is 16.0 Å². The standard InChI is InChI=1S/C54H65N5O20/c55-38-41(62)40(61)35(23-56-52(65)70-25-29-13-5-1-6-14-29)73-49(38)79-46-36(24-60)74-51(43(46)64)77-45-34(59-68)22-21-33(57-53(66)71-26-30-15-7-2-8-16-30)44(45)76-50-39(58-54(67)72-27-31-17-9-3-10-18-31)42(63)47-37(75-50)28-69-48(78-47)32-19-11-4-12-20-32/h1-20,33-51,60-64H,21-28,55H2,(H,56,65)(H,57,66)(H,58,67)/t33-,34-,35-,36+,37+,38+,39+,40+,41+,42+,43+,44+,45+,46+,47+,48?,49+,50+,51-/m0/s1. The minimum Gasteiger partial charge on any atom is -0.445 e. The number of amides is 3. The Kier molecular flexibility index (Phi) is 19.8. The summed E-state index contributed by atoms with van der Waals surface area (Å²) in [4.78, 5) is 52.7. The van der Waals surface area contributed by atoms with Crippen molar-refractivity contribution in [3.05, 3.63) is 148 Å². The molecule has 5 fully saturated rings. The van der Waals surface area contributed by atoms with E-state index < -0.39 is 141 Å². The summed E-state index contributed by atoms with van der Waals surface area (Å²) in [6, 6.07) is 30.2. The predicted molar refractivity (Wildman–Crippen MR) is 270 cm³/mol. The number of alkyl carbamates (subject to hydrolysis) is 3. The van der Waals surface area contributed by atoms with Crippen molar-refractivity contribution in [2.24, 2.45) is 10.9 Å². The molecule has 9 rings (SSSR count). The van der Waals surface area contributed by atoms with Crippen molar-refractivity contribution in [2.45, 2.75) is 149 Å². The molecule has 25 heteroatoms. The third kappa shape index (κ3) is 14.4. The Morgan fingerprint density at radius 3 is 1.72 bits per heavy atom. The first-order chi connectivity index (χ1) is 38.4. The van der Waals surface area contributed by atoms with E-state index in [1.165, 1.54) is 0 Å². The Hall–Kier alpha value is -6.27. The third-order valence-corrected chi connectivity index (χ3v) is 14.2. The van der Waals surface area contributed by atoms with Gasteiger partial charge in [0, 0.05) is 12.1 Å². The average molecular weight is 1100 g/mol. The van der Waals surface area contributed by atoms with Crippen molar-refractivity contribution >= 4 is 18.3 Å². The minimum absolute atomic E-state index is 0.0236. The van der Waals surface area contributed by atoms with Gasteiger partial charge in [-0.2, -0.15) is 4.91 Å². The second-order valence-corrected chi connectivity index (χ2v) is 19.6. The number of aliphatic hydroxyl groups is 5. The van der Waals surface area contributed by atoms with Gasteiger partial charge in [-0.1, -0.05) is 127 Å². The number of nitrogens with two attached hydrogens (primary N) is 1. The summed E-state index contributed by atoms with van der Waals surface area (Å²) in [6.07, 6.45) is -24.7. The van der Waals surface area contributed by atoms with Crippen LogP contribution in [0.4, 0.5) is 14.4 Å². The smallest absolute Gasteiger partial charge is 0.407 e. The highest BCUT2D eigenvalue weighted by Crippen LogP contribution is 2.39. The third-order valence-electron chi connectivity index (χ3n) is 14.2. The zero-order valence-corrected chi connectivity index (χ0v) is 42.6. The van der Waals surface area contributed by atoms with Gasteiger partial charge in [-0.15, -0.1) is 0 Å². The molecule has 5 aliphatic rings. The molecule has 0 bridgehead atoms. The summed E-state index contributed by atoms with van der Waals surface area (Å²) in [7, 11) is 0. The van der Waals surface area contributed by atoms with E-state index in [-0.39, 0.29) is 45.8 Å². The normalized spacial score (nSPS) is 34.3. The lowest BCUT2D eigenvalue weighted by atomic mass is 9.85. The zero-order valence-electron chi connectivity index (χ0n) is 42.6. The molecule has 0 radical (unpaired) electrons. The highest BCUT2D eigenvalue weighted by atomic mass is 16.8. The summed E-state index contributed by atoms with van der Waals surface area (Å²) in [6.45, 7) is -1.62. The largest absolute Gasteiger partial charge is 0.445 e. The van der Waals surface area contributed by atoms with Crippen molar-refractivity contribution in [1.29, 1.82) is 0 Å². The number of nitrogens with one attached hydrogen (secondary N) is 3. The van der Waals surface area contributed by atoms with Gasteiger partial charge in [0.15, 0.2) is 25.2 Å². The predicted octanol–water partition coefficient (Wildman–Crippen LogP) is 1.64. The molecule has 4 aromatic rings. The number of hydrogen-bond donors (Lipinski definition) is 9. The number of fused-ring (bicyclic) bond motifs is 1. The SMILES string of the molecule is N[C@H]1[C@@H](O[C@H]2[C@@H](O)[C@H](O[C@H]3[C@H](O[C@H]4O[C@@H]5COC(c6ccccc6)O[C@H]5[C@H](O)[C@H]4NC(=O)OCc4ccccc4)[C@@H](NC(=O)OCc4ccccc4)CC[C@@H]3N=O)O[C@@H]2CO)O[C@@H](CNC(=O)OCc2ccccc2)[C@@H](O)[C@@H]1O. The number of benzene rings is 4. The number of carbonyl (C=O) groups excluding carboxylic acids is 3. The number of hydrogen-bond acceptors (Lipinski definition) is 22. The van der Waals surface area contributed by atoms with E-state index in [4.69, 9.17) is 57.8 Å². The van der Waals surface area contributed by atoms with Gasteiger partial charge in [-0.05, 0) is 29.5 Å². The molecule has 4 heterocycles. The van der Waals surface area contributed by atoms with Crippen LogP contribution in [0, 0.1) is 4.91 Å². The number of ether oxygens (including phenoxy) is 11. The van der Waals surface area contributed by atoms with Gasteiger partial charge in [0.25, 0.3) is 0 Å². The van der Waals surface area contributed by atoms with Crippen LogP contribution in [0.1, 0.15) is 41.4 Å². The summed E-state index contributed by atoms with van der Waals surface area (Å²) in [5.41, 5.74) is 9.00. The van der Waals surface area contributed by atoms with Gasteiger partial charge in [-0.25, -0.2) is 14.4 Å². The first-order valence-electron chi connectivity index (χ1n) is 25.9. The maximum absolute atomic E-state index is 13.7. The lowest BCUT2D eigenvalue weighted by Crippen LogP contribution is -2.69. The van der Waals surface area contributed by atoms with Crippen LogP contribution in [-0.2, 0) is 71.9 Å². The van der Waals surface area contributed by atoms with E-state index in [1.807, 2.05) is 12.1 Å². The van der Waals surface area contributed by atoms with Gasteiger partial charge in [-0.3, -0.25) is 0 Å². The van der Waals surface area contributed by atoms with Gasteiger partial charge in [0.1, 0.15) is 99.0 Å². The van der Waals surface area contributed by atoms with Gasteiger partial charge in [0.05, 0.1) is 25.3 Å². The molecule has 19 atom stereocenters. The van der Waals surface area contributed by atoms with E-state index in [9.17, 15) is 44.8 Å². The molecule has 25 nitrogen and oxygen atoms in total. The molecule has 4 aromatic carbocycles. The highest BCUT2D eigenvalue weighted by Gasteiger charge is 2.56. The van der Waals surface area contributed by atoms with Crippen LogP contribution in [0.5, 0.6) is 0 Å². The van der Waals surface area contributed by atoms with Crippen LogP contribution >= 0.6 is 0 Å². The number of carbonyl (C=O) groups is 3. The van der Waals surface area contributed by atoms with Crippen LogP contribution in [0.25, 0.3) is 0 Å². The molecule has 4 aliphatic heterocycles. The van der Waals surface area contributed by atoms with Crippen molar-refractivity contribution in [3.8, 4) is 0 Å². The Balaban J connectivity index is 0.946. The molecule has 79 heavy (non-hydrogen) atoms. The van der Waals surface area contributed by atoms with E-state index >= 15 is 0 Å². The summed E-state index contributed by atoms with van der Waals surface area (Å²) < 4.78 is 66.4. The van der Waals surface area contributed by atoms with Crippen LogP contribution in [0.15, 0.2) is 127 Å². The number of aliphatic hydroxyl groups excluding tert-OH is 5. The summed E-state index contributed by atoms with van der Waals surface area (Å²) >= 11 is 0. The Labute approximate surface area is 453 Å². The van der Waals surface area contributed by atoms with E-state index in [1.54, 1.807) is 109 Å². The molecule has 1 unspecified atom stereocenters. The van der Waals surface area contributed by atoms with Crippen LogP contribution in [0.2, 0.25) is 0 Å². The average Bonchev–Trinajstić information content (AvgIpc) is 3.90. The van der Waals surface area contributed by atoms with E-state index in [0.29, 0.717) is 16.7 Å². The lowest BCUT2D eigenvalue weighted by Gasteiger charge is -2.50. The first kappa shape index (κ1) is 57.4. The maximum Gasteiger partial charge on any atom is 0.407 e. The molecule has 1 aliphatic carbocycles. The lowest BCUT2D eigenvalue weighted by molar-refractivity contribution is -0.356. The molecule has 426 valence electrons. The minimum atomic E-state index is -1.82. The molecular formula is C54H65N5O20. The van der Waals surface area contributed by atoms with Crippen LogP contribution in [0.3, 0.4) is 0 Å². The molecular weight excluding hydrogens is 1040 g/mol. The van der Waals surface area contributed by atoms with Crippen molar-refractivity contribution in [3.63, 3.8) is 0 Å². The van der Waals surface area contributed by atoms with E-state index in [0.717, 1.165) is 5.56 Å². The molecule has 1 saturated carbocycles. The number of rotatable bonds is 19. The van der Waals surface area contributed by atoms with Crippen LogP contribution in [-0.4, -0.2) is 174 Å².